The molecule has 0 spiro atoms. The topological polar surface area (TPSA) is 94.9 Å². The van der Waals surface area contributed by atoms with E-state index in [4.69, 9.17) is 10.2 Å². The molecule has 0 aliphatic carbocycles. The molecule has 0 atom stereocenters. The number of hydrogen-bond acceptors (Lipinski definition) is 4. The molecule has 0 heterocycles. The van der Waals surface area contributed by atoms with Gasteiger partial charge in [0.2, 0.25) is 10.0 Å². The molecule has 1 aromatic carbocycles. The fourth-order valence-electron chi connectivity index (χ4n) is 1.61. The van der Waals surface area contributed by atoms with Gasteiger partial charge in [-0.15, -0.1) is 6.58 Å². The predicted octanol–water partition coefficient (Wildman–Crippen LogP) is 1.46. The minimum absolute atomic E-state index is 0.113. The van der Waals surface area contributed by atoms with Crippen LogP contribution in [0.2, 0.25) is 0 Å². The fraction of sp³-hybridized carbons (Fsp3) is 0.250. The molecule has 0 bridgehead atoms. The Hall–Kier alpha value is -1.29. The Bertz CT molecular complexity index is 662. The van der Waals surface area contributed by atoms with E-state index in [1.165, 1.54) is 6.08 Å². The average molecular weight is 382 g/mol. The van der Waals surface area contributed by atoms with Crippen molar-refractivity contribution in [2.24, 2.45) is 0 Å². The van der Waals surface area contributed by atoms with Gasteiger partial charge in [-0.1, -0.05) is 22.0 Å². The van der Waals surface area contributed by atoms with E-state index in [2.05, 4.69) is 22.5 Å². The van der Waals surface area contributed by atoms with Crippen LogP contribution >= 0.6 is 15.9 Å². The molecule has 0 radical (unpaired) electrons. The van der Waals surface area contributed by atoms with Crippen molar-refractivity contribution in [3.63, 3.8) is 0 Å². The van der Waals surface area contributed by atoms with Gasteiger partial charge in [0.15, 0.2) is 5.82 Å². The van der Waals surface area contributed by atoms with Crippen molar-refractivity contribution < 1.29 is 27.8 Å². The van der Waals surface area contributed by atoms with Crippen molar-refractivity contribution in [3.05, 3.63) is 40.6 Å². The molecule has 1 aromatic rings. The van der Waals surface area contributed by atoms with Gasteiger partial charge in [-0.2, -0.15) is 4.31 Å². The molecule has 0 saturated heterocycles. The maximum Gasteiger partial charge on any atom is 0.338 e. The summed E-state index contributed by atoms with van der Waals surface area (Å²) in [6.45, 7) is 2.52. The van der Waals surface area contributed by atoms with Crippen molar-refractivity contribution in [3.8, 4) is 0 Å². The SMILES string of the molecule is C=CCN(CCO)S(=O)(=O)c1cc(Br)cc(C(=O)O)c1F. The number of rotatable bonds is 7. The molecule has 0 unspecified atom stereocenters. The second kappa shape index (κ2) is 7.12. The normalized spacial score (nSPS) is 11.6. The molecule has 0 aliphatic rings. The highest BCUT2D eigenvalue weighted by atomic mass is 79.9. The Kier molecular flexibility index (Phi) is 6.02. The second-order valence-electron chi connectivity index (χ2n) is 3.95. The molecule has 1 rings (SSSR count). The van der Waals surface area contributed by atoms with E-state index in [9.17, 15) is 17.6 Å². The Morgan fingerprint density at radius 3 is 2.57 bits per heavy atom. The molecule has 0 fully saturated rings. The molecule has 0 aromatic heterocycles. The van der Waals surface area contributed by atoms with E-state index in [0.717, 1.165) is 16.4 Å². The van der Waals surface area contributed by atoms with Crippen LogP contribution in [0, 0.1) is 5.82 Å². The van der Waals surface area contributed by atoms with Crippen molar-refractivity contribution >= 4 is 31.9 Å². The average Bonchev–Trinajstić information content (AvgIpc) is 2.40. The number of carboxylic acid groups (broad SMARTS) is 1. The first-order chi connectivity index (χ1) is 9.75. The summed E-state index contributed by atoms with van der Waals surface area (Å²) in [5.41, 5.74) is -0.759. The summed E-state index contributed by atoms with van der Waals surface area (Å²) < 4.78 is 39.8. The summed E-state index contributed by atoms with van der Waals surface area (Å²) in [5, 5.41) is 17.8. The Morgan fingerprint density at radius 2 is 2.10 bits per heavy atom. The van der Waals surface area contributed by atoms with Crippen molar-refractivity contribution in [2.75, 3.05) is 19.7 Å². The molecule has 21 heavy (non-hydrogen) atoms. The maximum absolute atomic E-state index is 14.1. The number of hydrogen-bond donors (Lipinski definition) is 2. The molecular weight excluding hydrogens is 369 g/mol. The van der Waals surface area contributed by atoms with E-state index in [1.807, 2.05) is 0 Å². The van der Waals surface area contributed by atoms with E-state index in [-0.39, 0.29) is 17.6 Å². The van der Waals surface area contributed by atoms with Gasteiger partial charge in [0.05, 0.1) is 12.2 Å². The first kappa shape index (κ1) is 17.8. The van der Waals surface area contributed by atoms with Gasteiger partial charge < -0.3 is 10.2 Å². The van der Waals surface area contributed by atoms with Crippen LogP contribution in [0.25, 0.3) is 0 Å². The van der Waals surface area contributed by atoms with Crippen LogP contribution in [0.3, 0.4) is 0 Å². The zero-order valence-electron chi connectivity index (χ0n) is 10.8. The number of halogens is 2. The largest absolute Gasteiger partial charge is 0.478 e. The van der Waals surface area contributed by atoms with Gasteiger partial charge in [0, 0.05) is 17.6 Å². The number of aromatic carboxylic acids is 1. The number of nitrogens with zero attached hydrogens (tertiary/aromatic N) is 1. The van der Waals surface area contributed by atoms with Crippen LogP contribution < -0.4 is 0 Å². The minimum atomic E-state index is -4.30. The molecular formula is C12H13BrFNO5S. The van der Waals surface area contributed by atoms with Gasteiger partial charge in [-0.3, -0.25) is 0 Å². The summed E-state index contributed by atoms with van der Waals surface area (Å²) in [7, 11) is -4.30. The predicted molar refractivity (Wildman–Crippen MR) is 77.1 cm³/mol. The standard InChI is InChI=1S/C12H13BrFNO5S/c1-2-3-15(4-5-16)21(19,20)10-7-8(13)6-9(11(10)14)12(17)18/h2,6-7,16H,1,3-5H2,(H,17,18). The molecule has 0 aliphatic heterocycles. The van der Waals surface area contributed by atoms with Crippen LogP contribution in [0.5, 0.6) is 0 Å². The summed E-state index contributed by atoms with van der Waals surface area (Å²) in [5.74, 6) is -2.93. The van der Waals surface area contributed by atoms with Gasteiger partial charge in [0.1, 0.15) is 4.90 Å². The van der Waals surface area contributed by atoms with Crippen LogP contribution in [0.4, 0.5) is 4.39 Å². The number of carboxylic acids is 1. The monoisotopic (exact) mass is 381 g/mol. The number of benzene rings is 1. The van der Waals surface area contributed by atoms with E-state index in [0.29, 0.717) is 0 Å². The molecule has 116 valence electrons. The Morgan fingerprint density at radius 1 is 1.48 bits per heavy atom. The quantitative estimate of drug-likeness (QED) is 0.697. The van der Waals surface area contributed by atoms with Crippen LogP contribution in [-0.4, -0.2) is 48.6 Å². The highest BCUT2D eigenvalue weighted by molar-refractivity contribution is 9.10. The lowest BCUT2D eigenvalue weighted by atomic mass is 10.2. The molecule has 6 nitrogen and oxygen atoms in total. The smallest absolute Gasteiger partial charge is 0.338 e. The fourth-order valence-corrected chi connectivity index (χ4v) is 3.74. The van der Waals surface area contributed by atoms with Crippen molar-refractivity contribution in [1.29, 1.82) is 0 Å². The van der Waals surface area contributed by atoms with Gasteiger partial charge in [0.25, 0.3) is 0 Å². The zero-order valence-corrected chi connectivity index (χ0v) is 13.2. The lowest BCUT2D eigenvalue weighted by Gasteiger charge is -2.20. The summed E-state index contributed by atoms with van der Waals surface area (Å²) in [6, 6.07) is 1.95. The highest BCUT2D eigenvalue weighted by Gasteiger charge is 2.29. The molecule has 2 N–H and O–H groups in total. The first-order valence-electron chi connectivity index (χ1n) is 5.70. The third-order valence-corrected chi connectivity index (χ3v) is 4.86. The molecule has 0 amide bonds. The first-order valence-corrected chi connectivity index (χ1v) is 7.93. The summed E-state index contributed by atoms with van der Waals surface area (Å²) in [4.78, 5) is 10.2. The van der Waals surface area contributed by atoms with Crippen molar-refractivity contribution in [2.45, 2.75) is 4.90 Å². The third-order valence-electron chi connectivity index (χ3n) is 2.53. The molecule has 0 saturated carbocycles. The van der Waals surface area contributed by atoms with Crippen molar-refractivity contribution in [1.82, 2.24) is 4.31 Å². The van der Waals surface area contributed by atoms with Gasteiger partial charge >= 0.3 is 5.97 Å². The number of aliphatic hydroxyl groups is 1. The number of carbonyl (C=O) groups is 1. The summed E-state index contributed by atoms with van der Waals surface area (Å²) in [6.07, 6.45) is 1.28. The highest BCUT2D eigenvalue weighted by Crippen LogP contribution is 2.26. The Labute approximate surface area is 129 Å². The second-order valence-corrected chi connectivity index (χ2v) is 6.77. The van der Waals surface area contributed by atoms with Crippen LogP contribution in [0.1, 0.15) is 10.4 Å². The maximum atomic E-state index is 14.1. The van der Waals surface area contributed by atoms with Crippen LogP contribution in [0.15, 0.2) is 34.2 Å². The number of sulfonamides is 1. The van der Waals surface area contributed by atoms with E-state index < -0.39 is 38.9 Å². The summed E-state index contributed by atoms with van der Waals surface area (Å²) >= 11 is 2.95. The lowest BCUT2D eigenvalue weighted by molar-refractivity contribution is 0.0691. The van der Waals surface area contributed by atoms with Gasteiger partial charge in [-0.05, 0) is 12.1 Å². The van der Waals surface area contributed by atoms with E-state index in [1.54, 1.807) is 0 Å². The molecule has 9 heteroatoms. The minimum Gasteiger partial charge on any atom is -0.478 e. The Balaban J connectivity index is 3.49. The lowest BCUT2D eigenvalue weighted by Crippen LogP contribution is -2.34. The van der Waals surface area contributed by atoms with E-state index >= 15 is 0 Å². The van der Waals surface area contributed by atoms with Crippen LogP contribution in [-0.2, 0) is 10.0 Å². The zero-order chi connectivity index (χ0) is 16.2. The number of aliphatic hydroxyl groups excluding tert-OH is 1. The third kappa shape index (κ3) is 3.88. The van der Waals surface area contributed by atoms with Gasteiger partial charge in [-0.25, -0.2) is 17.6 Å².